The molecule has 5 rings (SSSR count). The molecule has 1 N–H and O–H groups in total. The molecule has 3 aromatic carbocycles. The van der Waals surface area contributed by atoms with E-state index in [1.165, 1.54) is 12.1 Å². The molecular weight excluding hydrogens is 447 g/mol. The van der Waals surface area contributed by atoms with E-state index in [2.05, 4.69) is 10.2 Å². The first-order chi connectivity index (χ1) is 16.9. The number of urea groups is 1. The quantitative estimate of drug-likeness (QED) is 0.528. The maximum absolute atomic E-state index is 13.2. The van der Waals surface area contributed by atoms with E-state index in [4.69, 9.17) is 14.5 Å². The molecule has 35 heavy (non-hydrogen) atoms. The maximum Gasteiger partial charge on any atom is 0.322 e. The molecule has 180 valence electrons. The van der Waals surface area contributed by atoms with Gasteiger partial charge in [0.2, 0.25) is 0 Å². The van der Waals surface area contributed by atoms with Crippen LogP contribution in [-0.4, -0.2) is 54.5 Å². The van der Waals surface area contributed by atoms with Crippen LogP contribution in [0.15, 0.2) is 65.7 Å². The van der Waals surface area contributed by atoms with Gasteiger partial charge in [-0.15, -0.1) is 0 Å². The number of aliphatic imine (C=N–C) groups is 1. The Labute approximate surface area is 203 Å². The van der Waals surface area contributed by atoms with Crippen LogP contribution in [0.3, 0.4) is 0 Å². The van der Waals surface area contributed by atoms with E-state index in [1.807, 2.05) is 50.2 Å². The molecular formula is C27H27FN4O3. The van der Waals surface area contributed by atoms with Gasteiger partial charge in [0.1, 0.15) is 28.8 Å². The van der Waals surface area contributed by atoms with Gasteiger partial charge in [-0.3, -0.25) is 0 Å². The minimum Gasteiger partial charge on any atom is -0.497 e. The number of rotatable bonds is 2. The van der Waals surface area contributed by atoms with Crippen molar-refractivity contribution in [1.29, 1.82) is 0 Å². The molecule has 8 heteroatoms. The number of hydrogen-bond donors (Lipinski definition) is 1. The van der Waals surface area contributed by atoms with Crippen LogP contribution in [0.4, 0.5) is 20.6 Å². The molecule has 0 aromatic heterocycles. The van der Waals surface area contributed by atoms with Crippen LogP contribution < -0.4 is 14.8 Å². The molecule has 0 aliphatic carbocycles. The molecule has 1 fully saturated rings. The van der Waals surface area contributed by atoms with Crippen LogP contribution in [0.5, 0.6) is 17.2 Å². The number of aryl methyl sites for hydroxylation is 1. The van der Waals surface area contributed by atoms with Crippen molar-refractivity contribution in [1.82, 2.24) is 9.80 Å². The number of nitrogens with one attached hydrogen (secondary N) is 1. The minimum atomic E-state index is -0.341. The zero-order chi connectivity index (χ0) is 24.5. The summed E-state index contributed by atoms with van der Waals surface area (Å²) in [7, 11) is 1.63. The molecule has 2 heterocycles. The molecule has 2 amide bonds. The van der Waals surface area contributed by atoms with Crippen LogP contribution >= 0.6 is 0 Å². The summed E-state index contributed by atoms with van der Waals surface area (Å²) in [5, 5.41) is 2.86. The molecule has 0 radical (unpaired) electrons. The highest BCUT2D eigenvalue weighted by Crippen LogP contribution is 2.40. The monoisotopic (exact) mass is 474 g/mol. The van der Waals surface area contributed by atoms with E-state index in [1.54, 1.807) is 24.1 Å². The third kappa shape index (κ3) is 4.64. The van der Waals surface area contributed by atoms with E-state index in [-0.39, 0.29) is 17.9 Å². The van der Waals surface area contributed by atoms with Crippen molar-refractivity contribution in [2.24, 2.45) is 4.99 Å². The standard InChI is InChI=1S/C27H27FN4O3/c1-17-4-10-23-25(14-17)35-24-11-9-21(34-3)15-22(24)26(30-23)31-12-13-32(18(2)16-31)27(33)29-20-7-5-19(28)6-8-20/h4-11,14-15,18H,12-13,16H2,1-3H3,(H,29,33). The van der Waals surface area contributed by atoms with Gasteiger partial charge in [0.25, 0.3) is 0 Å². The number of amidine groups is 1. The smallest absolute Gasteiger partial charge is 0.322 e. The highest BCUT2D eigenvalue weighted by molar-refractivity contribution is 6.04. The van der Waals surface area contributed by atoms with Gasteiger partial charge in [-0.05, 0) is 74.0 Å². The van der Waals surface area contributed by atoms with E-state index in [9.17, 15) is 9.18 Å². The summed E-state index contributed by atoms with van der Waals surface area (Å²) in [6, 6.07) is 17.1. The molecule has 1 atom stereocenters. The van der Waals surface area contributed by atoms with Gasteiger partial charge < -0.3 is 24.6 Å². The summed E-state index contributed by atoms with van der Waals surface area (Å²) in [4.78, 5) is 21.9. The Kier molecular flexibility index (Phi) is 6.03. The van der Waals surface area contributed by atoms with Gasteiger partial charge in [-0.1, -0.05) is 6.07 Å². The third-order valence-electron chi connectivity index (χ3n) is 6.27. The number of carbonyl (C=O) groups is 1. The van der Waals surface area contributed by atoms with Crippen LogP contribution in [-0.2, 0) is 0 Å². The maximum atomic E-state index is 13.2. The first-order valence-corrected chi connectivity index (χ1v) is 11.5. The first-order valence-electron chi connectivity index (χ1n) is 11.5. The third-order valence-corrected chi connectivity index (χ3v) is 6.27. The van der Waals surface area contributed by atoms with Crippen molar-refractivity contribution in [2.45, 2.75) is 19.9 Å². The van der Waals surface area contributed by atoms with Crippen molar-refractivity contribution in [3.05, 3.63) is 77.6 Å². The van der Waals surface area contributed by atoms with Gasteiger partial charge in [0.15, 0.2) is 5.75 Å². The summed E-state index contributed by atoms with van der Waals surface area (Å²) in [5.74, 6) is 2.57. The fourth-order valence-corrected chi connectivity index (χ4v) is 4.41. The summed E-state index contributed by atoms with van der Waals surface area (Å²) in [6.45, 7) is 5.72. The Bertz CT molecular complexity index is 1290. The normalized spacial score (nSPS) is 16.9. The number of hydrogen-bond acceptors (Lipinski definition) is 5. The van der Waals surface area contributed by atoms with Crippen LogP contribution in [0.25, 0.3) is 0 Å². The Morgan fingerprint density at radius 2 is 1.89 bits per heavy atom. The Balaban J connectivity index is 1.41. The molecule has 7 nitrogen and oxygen atoms in total. The molecule has 1 unspecified atom stereocenters. The van der Waals surface area contributed by atoms with Gasteiger partial charge in [0.05, 0.1) is 12.7 Å². The topological polar surface area (TPSA) is 66.4 Å². The number of fused-ring (bicyclic) bond motifs is 2. The predicted octanol–water partition coefficient (Wildman–Crippen LogP) is 5.56. The Hall–Kier alpha value is -4.07. The van der Waals surface area contributed by atoms with E-state index in [0.29, 0.717) is 42.6 Å². The van der Waals surface area contributed by atoms with Gasteiger partial charge in [-0.25, -0.2) is 14.2 Å². The fourth-order valence-electron chi connectivity index (χ4n) is 4.41. The summed E-state index contributed by atoms with van der Waals surface area (Å²) in [6.07, 6.45) is 0. The van der Waals surface area contributed by atoms with Gasteiger partial charge in [0, 0.05) is 31.4 Å². The number of nitrogens with zero attached hydrogens (tertiary/aromatic N) is 3. The molecule has 1 saturated heterocycles. The lowest BCUT2D eigenvalue weighted by atomic mass is 10.1. The number of carbonyl (C=O) groups excluding carboxylic acids is 1. The van der Waals surface area contributed by atoms with E-state index >= 15 is 0 Å². The van der Waals surface area contributed by atoms with Gasteiger partial charge >= 0.3 is 6.03 Å². The zero-order valence-electron chi connectivity index (χ0n) is 19.9. The predicted molar refractivity (Wildman–Crippen MR) is 134 cm³/mol. The second-order valence-corrected chi connectivity index (χ2v) is 8.80. The van der Waals surface area contributed by atoms with Crippen molar-refractivity contribution < 1.29 is 18.7 Å². The Morgan fingerprint density at radius 1 is 1.09 bits per heavy atom. The van der Waals surface area contributed by atoms with Crippen molar-refractivity contribution >= 4 is 23.2 Å². The Morgan fingerprint density at radius 3 is 2.63 bits per heavy atom. The number of methoxy groups -OCH3 is 1. The van der Waals surface area contributed by atoms with Crippen LogP contribution in [0.2, 0.25) is 0 Å². The number of piperazine rings is 1. The minimum absolute atomic E-state index is 0.0809. The average Bonchev–Trinajstić information content (AvgIpc) is 3.01. The zero-order valence-corrected chi connectivity index (χ0v) is 19.9. The number of halogens is 1. The second kappa shape index (κ2) is 9.29. The molecule has 0 saturated carbocycles. The van der Waals surface area contributed by atoms with Crippen molar-refractivity contribution in [3.8, 4) is 17.2 Å². The molecule has 0 bridgehead atoms. The number of ether oxygens (including phenoxy) is 2. The molecule has 2 aliphatic rings. The molecule has 3 aromatic rings. The van der Waals surface area contributed by atoms with Gasteiger partial charge in [-0.2, -0.15) is 0 Å². The summed E-state index contributed by atoms with van der Waals surface area (Å²) >= 11 is 0. The van der Waals surface area contributed by atoms with Crippen molar-refractivity contribution in [3.63, 3.8) is 0 Å². The lowest BCUT2D eigenvalue weighted by Crippen LogP contribution is -2.56. The first kappa shape index (κ1) is 22.7. The number of amides is 2. The molecule has 0 spiro atoms. The van der Waals surface area contributed by atoms with E-state index < -0.39 is 0 Å². The second-order valence-electron chi connectivity index (χ2n) is 8.80. The average molecular weight is 475 g/mol. The SMILES string of the molecule is COc1ccc2c(c1)C(N1CCN(C(=O)Nc3ccc(F)cc3)C(C)C1)=Nc1ccc(C)cc1O2. The fraction of sp³-hybridized carbons (Fsp3) is 0.259. The van der Waals surface area contributed by atoms with Crippen LogP contribution in [0, 0.1) is 12.7 Å². The highest BCUT2D eigenvalue weighted by Gasteiger charge is 2.32. The van der Waals surface area contributed by atoms with Crippen molar-refractivity contribution in [2.75, 3.05) is 32.1 Å². The lowest BCUT2D eigenvalue weighted by molar-refractivity contribution is 0.145. The largest absolute Gasteiger partial charge is 0.497 e. The van der Waals surface area contributed by atoms with Crippen LogP contribution in [0.1, 0.15) is 18.1 Å². The number of benzene rings is 3. The lowest BCUT2D eigenvalue weighted by Gasteiger charge is -2.41. The highest BCUT2D eigenvalue weighted by atomic mass is 19.1. The molecule has 2 aliphatic heterocycles. The number of anilines is 1. The van der Waals surface area contributed by atoms with E-state index in [0.717, 1.165) is 22.6 Å². The summed E-state index contributed by atoms with van der Waals surface area (Å²) < 4.78 is 24.9. The summed E-state index contributed by atoms with van der Waals surface area (Å²) in [5.41, 5.74) is 3.25.